The molecule has 0 radical (unpaired) electrons. The highest BCUT2D eigenvalue weighted by Crippen LogP contribution is 2.27. The Morgan fingerprint density at radius 3 is 2.85 bits per heavy atom. The third-order valence-electron chi connectivity index (χ3n) is 3.53. The maximum absolute atomic E-state index is 4.60. The molecule has 0 aliphatic carbocycles. The summed E-state index contributed by atoms with van der Waals surface area (Å²) in [7, 11) is 0. The zero-order chi connectivity index (χ0) is 14.6. The van der Waals surface area contributed by atoms with Crippen LogP contribution in [0.2, 0.25) is 0 Å². The minimum absolute atomic E-state index is 0.129. The van der Waals surface area contributed by atoms with Crippen molar-refractivity contribution in [2.24, 2.45) is 0 Å². The van der Waals surface area contributed by atoms with Crippen molar-refractivity contribution in [1.29, 1.82) is 0 Å². The lowest BCUT2D eigenvalue weighted by Crippen LogP contribution is -2.27. The topological polar surface area (TPSA) is 29.9 Å². The van der Waals surface area contributed by atoms with Gasteiger partial charge in [0.25, 0.3) is 0 Å². The average molecular weight is 291 g/mol. The maximum atomic E-state index is 4.60. The van der Waals surface area contributed by atoms with Crippen LogP contribution in [0.25, 0.3) is 0 Å². The fraction of sp³-hybridized carbons (Fsp3) is 0.562. The lowest BCUT2D eigenvalue weighted by atomic mass is 9.91. The molecule has 0 aromatic carbocycles. The third kappa shape index (κ3) is 3.63. The molecule has 2 rings (SSSR count). The molecular formula is C16H25N3S. The van der Waals surface area contributed by atoms with Crippen LogP contribution in [-0.4, -0.2) is 16.1 Å². The molecule has 0 unspecified atom stereocenters. The Labute approximate surface area is 126 Å². The van der Waals surface area contributed by atoms with Gasteiger partial charge in [-0.05, 0) is 24.8 Å². The molecule has 1 N–H and O–H groups in total. The maximum Gasteiger partial charge on any atom is 0.203 e. The molecule has 0 aliphatic heterocycles. The van der Waals surface area contributed by atoms with E-state index in [1.807, 2.05) is 11.3 Å². The van der Waals surface area contributed by atoms with E-state index in [0.29, 0.717) is 0 Å². The number of unbranched alkanes of at least 4 members (excludes halogenated alkanes) is 1. The van der Waals surface area contributed by atoms with Crippen molar-refractivity contribution in [3.05, 3.63) is 34.3 Å². The summed E-state index contributed by atoms with van der Waals surface area (Å²) in [5.41, 5.74) is 1.21. The summed E-state index contributed by atoms with van der Waals surface area (Å²) in [4.78, 5) is 6.01. The van der Waals surface area contributed by atoms with Gasteiger partial charge in [0.1, 0.15) is 0 Å². The summed E-state index contributed by atoms with van der Waals surface area (Å²) in [6, 6.07) is 4.33. The number of aryl methyl sites for hydroxylation is 2. The van der Waals surface area contributed by atoms with Gasteiger partial charge in [-0.15, -0.1) is 11.3 Å². The van der Waals surface area contributed by atoms with Crippen molar-refractivity contribution in [1.82, 2.24) is 9.55 Å². The highest BCUT2D eigenvalue weighted by Gasteiger charge is 2.22. The fourth-order valence-corrected chi connectivity index (χ4v) is 3.09. The smallest absolute Gasteiger partial charge is 0.203 e. The molecule has 0 aliphatic rings. The molecule has 0 bridgehead atoms. The van der Waals surface area contributed by atoms with Gasteiger partial charge in [0.05, 0.1) is 5.69 Å². The van der Waals surface area contributed by atoms with Crippen molar-refractivity contribution in [2.75, 3.05) is 11.9 Å². The summed E-state index contributed by atoms with van der Waals surface area (Å²) in [5, 5.41) is 5.67. The van der Waals surface area contributed by atoms with E-state index >= 15 is 0 Å². The molecule has 4 heteroatoms. The first kappa shape index (κ1) is 15.1. The van der Waals surface area contributed by atoms with E-state index in [1.54, 1.807) is 0 Å². The van der Waals surface area contributed by atoms with Crippen LogP contribution in [0.1, 0.15) is 44.2 Å². The Balaban J connectivity index is 2.03. The average Bonchev–Trinajstić information content (AvgIpc) is 3.03. The first-order valence-electron chi connectivity index (χ1n) is 7.34. The molecule has 2 heterocycles. The summed E-state index contributed by atoms with van der Waals surface area (Å²) in [6.07, 6.45) is 4.53. The quantitative estimate of drug-likeness (QED) is 0.817. The van der Waals surface area contributed by atoms with Gasteiger partial charge in [0.15, 0.2) is 0 Å². The van der Waals surface area contributed by atoms with E-state index in [0.717, 1.165) is 24.7 Å². The molecule has 0 saturated carbocycles. The Bertz CT molecular complexity index is 526. The number of hydrogen-bond acceptors (Lipinski definition) is 3. The molecular weight excluding hydrogens is 266 g/mol. The first-order chi connectivity index (χ1) is 9.53. The van der Waals surface area contributed by atoms with E-state index in [-0.39, 0.29) is 5.41 Å². The Morgan fingerprint density at radius 2 is 2.20 bits per heavy atom. The predicted octanol–water partition coefficient (Wildman–Crippen LogP) is 4.44. The number of rotatable bonds is 7. The highest BCUT2D eigenvalue weighted by atomic mass is 32.1. The molecule has 2 aromatic rings. The number of imidazole rings is 1. The second kappa shape index (κ2) is 6.44. The Hall–Kier alpha value is -1.29. The van der Waals surface area contributed by atoms with Crippen molar-refractivity contribution in [3.63, 3.8) is 0 Å². The normalized spacial score (nSPS) is 11.8. The molecule has 2 aromatic heterocycles. The van der Waals surface area contributed by atoms with Crippen molar-refractivity contribution in [3.8, 4) is 0 Å². The van der Waals surface area contributed by atoms with Crippen LogP contribution in [0.3, 0.4) is 0 Å². The van der Waals surface area contributed by atoms with Crippen LogP contribution < -0.4 is 5.32 Å². The van der Waals surface area contributed by atoms with Crippen molar-refractivity contribution >= 4 is 17.3 Å². The van der Waals surface area contributed by atoms with Crippen LogP contribution in [0.5, 0.6) is 0 Å². The minimum atomic E-state index is 0.129. The monoisotopic (exact) mass is 291 g/mol. The van der Waals surface area contributed by atoms with Crippen LogP contribution in [0, 0.1) is 6.92 Å². The van der Waals surface area contributed by atoms with Crippen LogP contribution in [0.4, 0.5) is 5.95 Å². The molecule has 110 valence electrons. The first-order valence-corrected chi connectivity index (χ1v) is 8.22. The predicted molar refractivity (Wildman–Crippen MR) is 87.7 cm³/mol. The summed E-state index contributed by atoms with van der Waals surface area (Å²) < 4.78 is 2.24. The van der Waals surface area contributed by atoms with E-state index < -0.39 is 0 Å². The number of aromatic nitrogens is 2. The lowest BCUT2D eigenvalue weighted by Gasteiger charge is -2.24. The molecule has 3 nitrogen and oxygen atoms in total. The van der Waals surface area contributed by atoms with Gasteiger partial charge in [0, 0.05) is 29.6 Å². The number of hydrogen-bond donors (Lipinski definition) is 1. The van der Waals surface area contributed by atoms with E-state index in [1.165, 1.54) is 17.7 Å². The summed E-state index contributed by atoms with van der Waals surface area (Å²) >= 11 is 1.82. The number of thiophene rings is 1. The van der Waals surface area contributed by atoms with Crippen molar-refractivity contribution in [2.45, 2.75) is 52.5 Å². The van der Waals surface area contributed by atoms with Gasteiger partial charge < -0.3 is 9.88 Å². The van der Waals surface area contributed by atoms with E-state index in [4.69, 9.17) is 0 Å². The van der Waals surface area contributed by atoms with Gasteiger partial charge in [-0.3, -0.25) is 0 Å². The second-order valence-corrected chi connectivity index (χ2v) is 6.92. The fourth-order valence-electron chi connectivity index (χ4n) is 2.24. The lowest BCUT2D eigenvalue weighted by molar-refractivity contribution is 0.560. The SMILES string of the molecule is CCCCn1cc(C)nc1NCC(C)(C)c1cccs1. The molecule has 0 fully saturated rings. The molecule has 20 heavy (non-hydrogen) atoms. The van der Waals surface area contributed by atoms with Gasteiger partial charge in [-0.25, -0.2) is 4.98 Å². The van der Waals surface area contributed by atoms with Crippen LogP contribution >= 0.6 is 11.3 Å². The Kier molecular flexibility index (Phi) is 4.86. The zero-order valence-electron chi connectivity index (χ0n) is 12.9. The summed E-state index contributed by atoms with van der Waals surface area (Å²) in [6.45, 7) is 10.8. The van der Waals surface area contributed by atoms with Crippen molar-refractivity contribution < 1.29 is 0 Å². The van der Waals surface area contributed by atoms with Crippen LogP contribution in [-0.2, 0) is 12.0 Å². The number of anilines is 1. The van der Waals surface area contributed by atoms with Gasteiger partial charge in [-0.2, -0.15) is 0 Å². The molecule has 0 amide bonds. The molecule has 0 atom stereocenters. The molecule has 0 saturated heterocycles. The van der Waals surface area contributed by atoms with E-state index in [2.05, 4.69) is 66.3 Å². The summed E-state index contributed by atoms with van der Waals surface area (Å²) in [5.74, 6) is 1.00. The van der Waals surface area contributed by atoms with Gasteiger partial charge in [0.2, 0.25) is 5.95 Å². The Morgan fingerprint density at radius 1 is 1.40 bits per heavy atom. The van der Waals surface area contributed by atoms with Gasteiger partial charge >= 0.3 is 0 Å². The van der Waals surface area contributed by atoms with Gasteiger partial charge in [-0.1, -0.05) is 33.3 Å². The largest absolute Gasteiger partial charge is 0.355 e. The number of nitrogens with zero attached hydrogens (tertiary/aromatic N) is 2. The second-order valence-electron chi connectivity index (χ2n) is 5.97. The highest BCUT2D eigenvalue weighted by molar-refractivity contribution is 7.10. The zero-order valence-corrected chi connectivity index (χ0v) is 13.8. The minimum Gasteiger partial charge on any atom is -0.355 e. The van der Waals surface area contributed by atoms with Crippen LogP contribution in [0.15, 0.2) is 23.7 Å². The standard InChI is InChI=1S/C16H25N3S/c1-5-6-9-19-11-13(2)18-15(19)17-12-16(3,4)14-8-7-10-20-14/h7-8,10-11H,5-6,9,12H2,1-4H3,(H,17,18). The van der Waals surface area contributed by atoms with E-state index in [9.17, 15) is 0 Å². The number of nitrogens with one attached hydrogen (secondary N) is 1. The third-order valence-corrected chi connectivity index (χ3v) is 4.76. The molecule has 0 spiro atoms.